The smallest absolute Gasteiger partial charge is 0.177 e. The van der Waals surface area contributed by atoms with Crippen LogP contribution >= 0.6 is 11.3 Å². The molecule has 4 nitrogen and oxygen atoms in total. The van der Waals surface area contributed by atoms with Gasteiger partial charge >= 0.3 is 0 Å². The fraction of sp³-hybridized carbons (Fsp3) is 0.333. The minimum absolute atomic E-state index is 0.140. The van der Waals surface area contributed by atoms with E-state index in [1.807, 2.05) is 34.5 Å². The minimum atomic E-state index is 0.140. The number of benzene rings is 1. The van der Waals surface area contributed by atoms with Gasteiger partial charge in [-0.25, -0.2) is 0 Å². The van der Waals surface area contributed by atoms with Gasteiger partial charge in [-0.1, -0.05) is 30.3 Å². The molecule has 0 aliphatic carbocycles. The number of hydrogen-bond acceptors (Lipinski definition) is 4. The Bertz CT molecular complexity index is 825. The summed E-state index contributed by atoms with van der Waals surface area (Å²) in [5.74, 6) is 0.459. The summed E-state index contributed by atoms with van der Waals surface area (Å²) in [6.45, 7) is 3.65. The average Bonchev–Trinajstić information content (AvgIpc) is 3.37. The molecule has 2 aromatic heterocycles. The Morgan fingerprint density at radius 2 is 1.92 bits per heavy atom. The molecule has 0 spiro atoms. The maximum Gasteiger partial charge on any atom is 0.177 e. The number of aromatic nitrogens is 2. The monoisotopic (exact) mass is 365 g/mol. The van der Waals surface area contributed by atoms with Crippen LogP contribution in [0, 0.1) is 5.92 Å². The van der Waals surface area contributed by atoms with Crippen molar-refractivity contribution in [3.05, 3.63) is 76.2 Å². The maximum absolute atomic E-state index is 12.6. The van der Waals surface area contributed by atoms with E-state index >= 15 is 0 Å². The van der Waals surface area contributed by atoms with Crippen LogP contribution < -0.4 is 0 Å². The van der Waals surface area contributed by atoms with Crippen LogP contribution in [0.2, 0.25) is 0 Å². The second-order valence-corrected chi connectivity index (χ2v) is 7.88. The fourth-order valence-electron chi connectivity index (χ4n) is 3.62. The highest BCUT2D eigenvalue weighted by Crippen LogP contribution is 2.24. The second-order valence-electron chi connectivity index (χ2n) is 6.94. The van der Waals surface area contributed by atoms with E-state index < -0.39 is 0 Å². The van der Waals surface area contributed by atoms with Crippen molar-refractivity contribution in [3.63, 3.8) is 0 Å². The van der Waals surface area contributed by atoms with Gasteiger partial charge in [-0.3, -0.25) is 14.4 Å². The molecule has 1 aliphatic heterocycles. The topological polar surface area (TPSA) is 38.1 Å². The van der Waals surface area contributed by atoms with Crippen molar-refractivity contribution in [1.29, 1.82) is 0 Å². The second kappa shape index (κ2) is 7.98. The van der Waals surface area contributed by atoms with Crippen LogP contribution in [0.5, 0.6) is 0 Å². The molecule has 0 N–H and O–H groups in total. The Balaban J connectivity index is 1.35. The van der Waals surface area contributed by atoms with Gasteiger partial charge in [0, 0.05) is 31.4 Å². The quantitative estimate of drug-likeness (QED) is 0.618. The molecule has 1 aromatic carbocycles. The molecule has 1 aliphatic rings. The van der Waals surface area contributed by atoms with E-state index in [0.717, 1.165) is 43.9 Å². The van der Waals surface area contributed by atoms with Gasteiger partial charge in [0.05, 0.1) is 11.4 Å². The lowest BCUT2D eigenvalue weighted by atomic mass is 9.92. The lowest BCUT2D eigenvalue weighted by molar-refractivity contribution is 0.0816. The highest BCUT2D eigenvalue weighted by atomic mass is 32.1. The van der Waals surface area contributed by atoms with Gasteiger partial charge in [0.1, 0.15) is 0 Å². The summed E-state index contributed by atoms with van der Waals surface area (Å²) in [5, 5.41) is 6.24. The molecule has 3 heterocycles. The first-order valence-electron chi connectivity index (χ1n) is 9.13. The first-order valence-corrected chi connectivity index (χ1v) is 10.0. The summed E-state index contributed by atoms with van der Waals surface area (Å²) >= 11 is 1.56. The van der Waals surface area contributed by atoms with E-state index in [2.05, 4.69) is 34.3 Å². The van der Waals surface area contributed by atoms with E-state index in [1.165, 1.54) is 11.1 Å². The van der Waals surface area contributed by atoms with Crippen LogP contribution in [0.4, 0.5) is 0 Å². The van der Waals surface area contributed by atoms with E-state index in [9.17, 15) is 4.79 Å². The molecule has 5 heteroatoms. The van der Waals surface area contributed by atoms with Crippen LogP contribution in [-0.4, -0.2) is 33.6 Å². The highest BCUT2D eigenvalue weighted by molar-refractivity contribution is 7.12. The number of likely N-dealkylation sites (tertiary alicyclic amines) is 1. The van der Waals surface area contributed by atoms with Crippen molar-refractivity contribution in [1.82, 2.24) is 14.7 Å². The number of hydrogen-bond donors (Lipinski definition) is 0. The van der Waals surface area contributed by atoms with Gasteiger partial charge in [0.25, 0.3) is 0 Å². The van der Waals surface area contributed by atoms with Crippen LogP contribution in [0.1, 0.15) is 33.6 Å². The number of Topliss-reactive ketones (excluding diaryl/α,β-unsaturated/α-hetero) is 1. The third-order valence-corrected chi connectivity index (χ3v) is 5.86. The van der Waals surface area contributed by atoms with E-state index in [0.29, 0.717) is 5.78 Å². The first kappa shape index (κ1) is 17.2. The van der Waals surface area contributed by atoms with Crippen molar-refractivity contribution in [2.75, 3.05) is 13.1 Å². The van der Waals surface area contributed by atoms with Gasteiger partial charge in [-0.05, 0) is 48.0 Å². The molecule has 0 bridgehead atoms. The third-order valence-electron chi connectivity index (χ3n) is 4.97. The lowest BCUT2D eigenvalue weighted by Crippen LogP contribution is -2.38. The molecule has 26 heavy (non-hydrogen) atoms. The standard InChI is InChI=1S/C21H23N3OS/c25-21(20-5-2-13-26-20)19-4-1-11-23(16-19)14-17-6-8-18(9-7-17)15-24-12-3-10-22-24/h2-3,5-10,12-13,19H,1,4,11,14-16H2/t19-/m1/s1. The summed E-state index contributed by atoms with van der Waals surface area (Å²) in [5.41, 5.74) is 2.56. The third kappa shape index (κ3) is 4.11. The molecule has 0 saturated carbocycles. The van der Waals surface area contributed by atoms with Gasteiger partial charge in [0.15, 0.2) is 5.78 Å². The van der Waals surface area contributed by atoms with Gasteiger partial charge in [0.2, 0.25) is 0 Å². The zero-order valence-corrected chi connectivity index (χ0v) is 15.6. The molecule has 134 valence electrons. The molecule has 0 unspecified atom stereocenters. The Kier molecular flexibility index (Phi) is 5.27. The van der Waals surface area contributed by atoms with Crippen molar-refractivity contribution < 1.29 is 4.79 Å². The molecule has 0 amide bonds. The molecular weight excluding hydrogens is 342 g/mol. The van der Waals surface area contributed by atoms with Crippen LogP contribution in [-0.2, 0) is 13.1 Å². The zero-order valence-electron chi connectivity index (χ0n) is 14.8. The van der Waals surface area contributed by atoms with E-state index in [-0.39, 0.29) is 5.92 Å². The van der Waals surface area contributed by atoms with Gasteiger partial charge in [-0.2, -0.15) is 5.10 Å². The SMILES string of the molecule is O=C(c1cccs1)[C@@H]1CCCN(Cc2ccc(Cn3cccn3)cc2)C1. The number of piperidine rings is 1. The van der Waals surface area contributed by atoms with Crippen molar-refractivity contribution in [2.45, 2.75) is 25.9 Å². The number of carbonyl (C=O) groups excluding carboxylic acids is 1. The molecule has 1 atom stereocenters. The van der Waals surface area contributed by atoms with Crippen molar-refractivity contribution in [2.24, 2.45) is 5.92 Å². The predicted molar refractivity (Wildman–Crippen MR) is 104 cm³/mol. The largest absolute Gasteiger partial charge is 0.298 e. The first-order chi connectivity index (χ1) is 12.8. The van der Waals surface area contributed by atoms with Gasteiger partial charge < -0.3 is 0 Å². The van der Waals surface area contributed by atoms with Crippen molar-refractivity contribution >= 4 is 17.1 Å². The van der Waals surface area contributed by atoms with Gasteiger partial charge in [-0.15, -0.1) is 11.3 Å². The molecule has 0 radical (unpaired) electrons. The Morgan fingerprint density at radius 1 is 1.12 bits per heavy atom. The summed E-state index contributed by atoms with van der Waals surface area (Å²) in [6.07, 6.45) is 5.89. The summed E-state index contributed by atoms with van der Waals surface area (Å²) in [6, 6.07) is 14.6. The molecule has 1 saturated heterocycles. The number of nitrogens with zero attached hydrogens (tertiary/aromatic N) is 3. The van der Waals surface area contributed by atoms with E-state index in [4.69, 9.17) is 0 Å². The number of carbonyl (C=O) groups is 1. The normalized spacial score (nSPS) is 18.1. The highest BCUT2D eigenvalue weighted by Gasteiger charge is 2.27. The lowest BCUT2D eigenvalue weighted by Gasteiger charge is -2.31. The Hall–Kier alpha value is -2.24. The summed E-state index contributed by atoms with van der Waals surface area (Å²) in [4.78, 5) is 16.0. The van der Waals surface area contributed by atoms with E-state index in [1.54, 1.807) is 17.5 Å². The average molecular weight is 366 g/mol. The Labute approximate surface area is 158 Å². The summed E-state index contributed by atoms with van der Waals surface area (Å²) in [7, 11) is 0. The maximum atomic E-state index is 12.6. The molecule has 1 fully saturated rings. The zero-order chi connectivity index (χ0) is 17.8. The number of thiophene rings is 1. The minimum Gasteiger partial charge on any atom is -0.298 e. The molecule has 3 aromatic rings. The van der Waals surface area contributed by atoms with Crippen molar-refractivity contribution in [3.8, 4) is 0 Å². The van der Waals surface area contributed by atoms with Crippen LogP contribution in [0.25, 0.3) is 0 Å². The number of rotatable bonds is 6. The summed E-state index contributed by atoms with van der Waals surface area (Å²) < 4.78 is 1.93. The fourth-order valence-corrected chi connectivity index (χ4v) is 4.37. The van der Waals surface area contributed by atoms with Crippen LogP contribution in [0.3, 0.4) is 0 Å². The molecule has 4 rings (SSSR count). The number of ketones is 1. The molecular formula is C21H23N3OS. The predicted octanol–water partition coefficient (Wildman–Crippen LogP) is 4.09. The van der Waals surface area contributed by atoms with Crippen LogP contribution in [0.15, 0.2) is 60.2 Å². The Morgan fingerprint density at radius 3 is 2.62 bits per heavy atom.